The van der Waals surface area contributed by atoms with Crippen molar-refractivity contribution in [2.24, 2.45) is 11.8 Å². The number of hydrogen-bond donors (Lipinski definition) is 2. The number of ether oxygens (including phenoxy) is 4. The molecule has 0 bridgehead atoms. The summed E-state index contributed by atoms with van der Waals surface area (Å²) in [6.45, 7) is 8.71. The van der Waals surface area contributed by atoms with Crippen LogP contribution >= 0.6 is 0 Å². The standard InChI is InChI=1S/C27H38N2O9/c1-7-8-10-19-23(38-21(31)13-15(2)3)17(5)37-27(34)22(16(4)36-26(19)33)29-25(32)18-11-9-12-20(28-14-30)24(18)35-6/h9,11-12,14-17,19,22-23H,7-8,10,13H2,1-6H3,(H,28,30)(H,29,32)/t16?,17-,19+,22-,23?/m0/s1. The molecule has 1 aromatic rings. The highest BCUT2D eigenvalue weighted by molar-refractivity contribution is 6.01. The van der Waals surface area contributed by atoms with Crippen LogP contribution in [0.5, 0.6) is 5.75 Å². The van der Waals surface area contributed by atoms with Crippen LogP contribution in [0, 0.1) is 11.8 Å². The summed E-state index contributed by atoms with van der Waals surface area (Å²) in [4.78, 5) is 63.1. The summed E-state index contributed by atoms with van der Waals surface area (Å²) in [6, 6.07) is 3.17. The van der Waals surface area contributed by atoms with Crippen molar-refractivity contribution in [3.05, 3.63) is 23.8 Å². The predicted molar refractivity (Wildman–Crippen MR) is 137 cm³/mol. The summed E-state index contributed by atoms with van der Waals surface area (Å²) in [6.07, 6.45) is -0.711. The largest absolute Gasteiger partial charge is 0.494 e. The molecular formula is C27H38N2O9. The van der Waals surface area contributed by atoms with Gasteiger partial charge in [0.05, 0.1) is 24.3 Å². The fourth-order valence-corrected chi connectivity index (χ4v) is 4.24. The van der Waals surface area contributed by atoms with Gasteiger partial charge in [-0.25, -0.2) is 4.79 Å². The van der Waals surface area contributed by atoms with E-state index in [1.807, 2.05) is 20.8 Å². The van der Waals surface area contributed by atoms with Gasteiger partial charge in [0.25, 0.3) is 5.91 Å². The van der Waals surface area contributed by atoms with Crippen LogP contribution in [0.2, 0.25) is 0 Å². The minimum absolute atomic E-state index is 0.0366. The highest BCUT2D eigenvalue weighted by atomic mass is 16.6. The zero-order valence-corrected chi connectivity index (χ0v) is 22.8. The van der Waals surface area contributed by atoms with Gasteiger partial charge in [-0.15, -0.1) is 0 Å². The molecule has 11 heteroatoms. The first-order chi connectivity index (χ1) is 18.0. The van der Waals surface area contributed by atoms with Crippen LogP contribution in [0.25, 0.3) is 0 Å². The summed E-state index contributed by atoms with van der Waals surface area (Å²) in [5.74, 6) is -3.44. The average molecular weight is 535 g/mol. The lowest BCUT2D eigenvalue weighted by molar-refractivity contribution is -0.175. The van der Waals surface area contributed by atoms with Crippen LogP contribution in [0.3, 0.4) is 0 Å². The number of nitrogens with one attached hydrogen (secondary N) is 2. The van der Waals surface area contributed by atoms with Crippen molar-refractivity contribution >= 4 is 35.9 Å². The Morgan fingerprint density at radius 3 is 2.39 bits per heavy atom. The minimum Gasteiger partial charge on any atom is -0.494 e. The van der Waals surface area contributed by atoms with Gasteiger partial charge in [0.2, 0.25) is 6.41 Å². The molecule has 38 heavy (non-hydrogen) atoms. The van der Waals surface area contributed by atoms with E-state index >= 15 is 0 Å². The van der Waals surface area contributed by atoms with Gasteiger partial charge in [0.1, 0.15) is 12.2 Å². The molecule has 1 heterocycles. The van der Waals surface area contributed by atoms with Gasteiger partial charge in [0, 0.05) is 6.42 Å². The first kappa shape index (κ1) is 30.6. The van der Waals surface area contributed by atoms with Gasteiger partial charge in [-0.3, -0.25) is 19.2 Å². The van der Waals surface area contributed by atoms with E-state index in [2.05, 4.69) is 10.6 Å². The number of methoxy groups -OCH3 is 1. The zero-order valence-electron chi connectivity index (χ0n) is 22.8. The molecule has 2 unspecified atom stereocenters. The number of benzene rings is 1. The summed E-state index contributed by atoms with van der Waals surface area (Å²) >= 11 is 0. The molecule has 2 N–H and O–H groups in total. The lowest BCUT2D eigenvalue weighted by Crippen LogP contribution is -2.50. The van der Waals surface area contributed by atoms with E-state index in [-0.39, 0.29) is 29.3 Å². The van der Waals surface area contributed by atoms with Crippen LogP contribution in [-0.4, -0.2) is 61.7 Å². The molecule has 0 radical (unpaired) electrons. The Balaban J connectivity index is 2.37. The van der Waals surface area contributed by atoms with E-state index in [1.165, 1.54) is 26.2 Å². The van der Waals surface area contributed by atoms with Crippen LogP contribution in [-0.2, 0) is 33.4 Å². The van der Waals surface area contributed by atoms with Gasteiger partial charge < -0.3 is 29.6 Å². The van der Waals surface area contributed by atoms with Gasteiger partial charge in [-0.05, 0) is 38.3 Å². The third-order valence-electron chi connectivity index (χ3n) is 6.17. The van der Waals surface area contributed by atoms with Crippen LogP contribution in [0.15, 0.2) is 18.2 Å². The first-order valence-electron chi connectivity index (χ1n) is 12.8. The maximum Gasteiger partial charge on any atom is 0.332 e. The number of unbranched alkanes of at least 4 members (excludes halogenated alkanes) is 1. The Hall–Kier alpha value is -3.63. The van der Waals surface area contributed by atoms with Crippen molar-refractivity contribution in [3.8, 4) is 5.75 Å². The first-order valence-corrected chi connectivity index (χ1v) is 12.8. The smallest absolute Gasteiger partial charge is 0.332 e. The summed E-state index contributed by atoms with van der Waals surface area (Å²) in [7, 11) is 1.33. The average Bonchev–Trinajstić information content (AvgIpc) is 2.87. The van der Waals surface area contributed by atoms with Gasteiger partial charge in [0.15, 0.2) is 17.9 Å². The molecule has 1 aromatic carbocycles. The van der Waals surface area contributed by atoms with Crippen LogP contribution < -0.4 is 15.4 Å². The van der Waals surface area contributed by atoms with Gasteiger partial charge >= 0.3 is 17.9 Å². The number of anilines is 1. The van der Waals surface area contributed by atoms with Gasteiger partial charge in [-0.1, -0.05) is 39.7 Å². The summed E-state index contributed by atoms with van der Waals surface area (Å²) in [5, 5.41) is 5.01. The van der Waals surface area contributed by atoms with Crippen molar-refractivity contribution in [1.29, 1.82) is 0 Å². The number of cyclic esters (lactones) is 2. The molecule has 0 saturated carbocycles. The number of rotatable bonds is 11. The Morgan fingerprint density at radius 1 is 1.11 bits per heavy atom. The molecular weight excluding hydrogens is 496 g/mol. The Labute approximate surface area is 222 Å². The van der Waals surface area contributed by atoms with E-state index in [0.717, 1.165) is 6.42 Å². The van der Waals surface area contributed by atoms with Crippen LogP contribution in [0.4, 0.5) is 5.69 Å². The lowest BCUT2D eigenvalue weighted by atomic mass is 9.92. The normalized spacial score (nSPS) is 23.7. The second kappa shape index (κ2) is 14.3. The predicted octanol–water partition coefficient (Wildman–Crippen LogP) is 3.00. The maximum absolute atomic E-state index is 13.3. The summed E-state index contributed by atoms with van der Waals surface area (Å²) in [5.41, 5.74) is 0.296. The third kappa shape index (κ3) is 7.93. The molecule has 2 amide bonds. The van der Waals surface area contributed by atoms with E-state index in [1.54, 1.807) is 13.0 Å². The number of carbonyl (C=O) groups excluding carboxylic acids is 5. The topological polar surface area (TPSA) is 146 Å². The van der Waals surface area contributed by atoms with Crippen molar-refractivity contribution < 1.29 is 42.9 Å². The lowest BCUT2D eigenvalue weighted by Gasteiger charge is -2.29. The maximum atomic E-state index is 13.3. The SMILES string of the molecule is CCCC[C@H]1C(=O)OC(C)[C@H](NC(=O)c2cccc(NC=O)c2OC)C(=O)O[C@@H](C)C1OC(=O)CC(C)C. The molecule has 1 saturated heterocycles. The quantitative estimate of drug-likeness (QED) is 0.248. The van der Waals surface area contributed by atoms with E-state index in [4.69, 9.17) is 18.9 Å². The van der Waals surface area contributed by atoms with Crippen molar-refractivity contribution in [2.45, 2.75) is 84.7 Å². The molecule has 0 aromatic heterocycles. The highest BCUT2D eigenvalue weighted by Gasteiger charge is 2.43. The van der Waals surface area contributed by atoms with Crippen molar-refractivity contribution in [3.63, 3.8) is 0 Å². The Kier molecular flexibility index (Phi) is 11.5. The Morgan fingerprint density at radius 2 is 1.79 bits per heavy atom. The minimum atomic E-state index is -1.36. The molecule has 2 rings (SSSR count). The molecule has 5 atom stereocenters. The van der Waals surface area contributed by atoms with E-state index in [9.17, 15) is 24.0 Å². The molecule has 1 aliphatic heterocycles. The fraction of sp³-hybridized carbons (Fsp3) is 0.593. The fourth-order valence-electron chi connectivity index (χ4n) is 4.24. The van der Waals surface area contributed by atoms with Crippen molar-refractivity contribution in [2.75, 3.05) is 12.4 Å². The molecule has 0 spiro atoms. The monoisotopic (exact) mass is 534 g/mol. The third-order valence-corrected chi connectivity index (χ3v) is 6.17. The second-order valence-corrected chi connectivity index (χ2v) is 9.68. The van der Waals surface area contributed by atoms with Crippen molar-refractivity contribution in [1.82, 2.24) is 5.32 Å². The summed E-state index contributed by atoms with van der Waals surface area (Å²) < 4.78 is 22.2. The number of para-hydroxylation sites is 1. The van der Waals surface area contributed by atoms with Gasteiger partial charge in [-0.2, -0.15) is 0 Å². The zero-order chi connectivity index (χ0) is 28.4. The molecule has 1 fully saturated rings. The number of hydrogen-bond acceptors (Lipinski definition) is 9. The molecule has 1 aliphatic rings. The molecule has 0 aliphatic carbocycles. The second-order valence-electron chi connectivity index (χ2n) is 9.68. The van der Waals surface area contributed by atoms with E-state index in [0.29, 0.717) is 19.3 Å². The number of carbonyl (C=O) groups is 5. The number of esters is 3. The van der Waals surface area contributed by atoms with Crippen LogP contribution in [0.1, 0.15) is 70.7 Å². The molecule has 210 valence electrons. The number of amides is 2. The molecule has 11 nitrogen and oxygen atoms in total. The van der Waals surface area contributed by atoms with E-state index < -0.39 is 54.1 Å². The Bertz CT molecular complexity index is 1010. The highest BCUT2D eigenvalue weighted by Crippen LogP contribution is 2.29.